The molecule has 0 radical (unpaired) electrons. The molecular formula is C11H13NO2. The molecule has 2 rings (SSSR count). The minimum Gasteiger partial charge on any atom is -0.396 e. The maximum atomic E-state index is 11.1. The number of nitrogens with one attached hydrogen (secondary N) is 1. The van der Waals surface area contributed by atoms with Gasteiger partial charge < -0.3 is 10.4 Å². The first-order chi connectivity index (χ1) is 6.70. The van der Waals surface area contributed by atoms with Crippen LogP contribution >= 0.6 is 0 Å². The topological polar surface area (TPSA) is 49.3 Å². The molecule has 1 aromatic carbocycles. The van der Waals surface area contributed by atoms with Crippen LogP contribution in [-0.4, -0.2) is 17.6 Å². The van der Waals surface area contributed by atoms with Crippen LogP contribution in [0.1, 0.15) is 24.0 Å². The molecule has 1 aliphatic rings. The van der Waals surface area contributed by atoms with Crippen molar-refractivity contribution in [3.8, 4) is 0 Å². The summed E-state index contributed by atoms with van der Waals surface area (Å²) in [6.07, 6.45) is 0.475. The first kappa shape index (κ1) is 9.21. The Balaban J connectivity index is 2.32. The third kappa shape index (κ3) is 1.51. The van der Waals surface area contributed by atoms with Crippen LogP contribution in [0.25, 0.3) is 0 Å². The van der Waals surface area contributed by atoms with Crippen LogP contribution in [0.15, 0.2) is 18.2 Å². The van der Waals surface area contributed by atoms with Gasteiger partial charge in [-0.25, -0.2) is 0 Å². The molecule has 1 aliphatic heterocycles. The minimum absolute atomic E-state index is 0.0498. The predicted molar refractivity (Wildman–Crippen MR) is 54.3 cm³/mol. The Morgan fingerprint density at radius 1 is 1.57 bits per heavy atom. The average Bonchev–Trinajstić information content (AvgIpc) is 2.55. The Kier molecular flexibility index (Phi) is 2.25. The van der Waals surface area contributed by atoms with Gasteiger partial charge in [0, 0.05) is 18.2 Å². The molecule has 0 aromatic heterocycles. The van der Waals surface area contributed by atoms with E-state index in [4.69, 9.17) is 5.11 Å². The van der Waals surface area contributed by atoms with Crippen molar-refractivity contribution in [2.45, 2.75) is 19.3 Å². The molecule has 3 nitrogen and oxygen atoms in total. The summed E-state index contributed by atoms with van der Waals surface area (Å²) in [5, 5.41) is 11.8. The first-order valence-corrected chi connectivity index (χ1v) is 4.74. The molecule has 1 amide bonds. The van der Waals surface area contributed by atoms with Crippen LogP contribution in [0.4, 0.5) is 5.69 Å². The second kappa shape index (κ2) is 3.42. The molecule has 0 saturated heterocycles. The zero-order valence-electron chi connectivity index (χ0n) is 8.08. The molecule has 0 fully saturated rings. The SMILES string of the molecule is CC(CO)c1ccc2c(c1)NC(=O)C2. The van der Waals surface area contributed by atoms with Gasteiger partial charge >= 0.3 is 0 Å². The fourth-order valence-electron chi connectivity index (χ4n) is 1.64. The fourth-order valence-corrected chi connectivity index (χ4v) is 1.64. The third-order valence-corrected chi connectivity index (χ3v) is 2.60. The molecule has 0 aliphatic carbocycles. The molecule has 74 valence electrons. The highest BCUT2D eigenvalue weighted by Gasteiger charge is 2.18. The number of amides is 1. The van der Waals surface area contributed by atoms with Gasteiger partial charge in [0.05, 0.1) is 6.42 Å². The molecule has 14 heavy (non-hydrogen) atoms. The van der Waals surface area contributed by atoms with Crippen LogP contribution in [0.5, 0.6) is 0 Å². The van der Waals surface area contributed by atoms with Crippen molar-refractivity contribution in [2.75, 3.05) is 11.9 Å². The van der Waals surface area contributed by atoms with E-state index in [1.54, 1.807) is 0 Å². The molecule has 3 heteroatoms. The second-order valence-electron chi connectivity index (χ2n) is 3.73. The summed E-state index contributed by atoms with van der Waals surface area (Å²) in [6, 6.07) is 5.87. The Morgan fingerprint density at radius 3 is 3.07 bits per heavy atom. The molecule has 0 bridgehead atoms. The van der Waals surface area contributed by atoms with Crippen molar-refractivity contribution in [1.82, 2.24) is 0 Å². The molecule has 0 saturated carbocycles. The third-order valence-electron chi connectivity index (χ3n) is 2.60. The van der Waals surface area contributed by atoms with E-state index in [2.05, 4.69) is 5.32 Å². The number of hydrogen-bond donors (Lipinski definition) is 2. The van der Waals surface area contributed by atoms with Crippen molar-refractivity contribution in [2.24, 2.45) is 0 Å². The summed E-state index contributed by atoms with van der Waals surface area (Å²) in [5.74, 6) is 0.173. The normalized spacial score (nSPS) is 16.3. The molecule has 1 heterocycles. The summed E-state index contributed by atoms with van der Waals surface area (Å²) in [4.78, 5) is 11.1. The fraction of sp³-hybridized carbons (Fsp3) is 0.364. The number of fused-ring (bicyclic) bond motifs is 1. The lowest BCUT2D eigenvalue weighted by atomic mass is 9.99. The van der Waals surface area contributed by atoms with Crippen molar-refractivity contribution in [3.05, 3.63) is 29.3 Å². The van der Waals surface area contributed by atoms with Gasteiger partial charge in [-0.15, -0.1) is 0 Å². The highest BCUT2D eigenvalue weighted by molar-refractivity contribution is 5.99. The van der Waals surface area contributed by atoms with Crippen LogP contribution in [0, 0.1) is 0 Å². The molecule has 1 unspecified atom stereocenters. The van der Waals surface area contributed by atoms with Gasteiger partial charge in [0.15, 0.2) is 0 Å². The quantitative estimate of drug-likeness (QED) is 0.739. The molecule has 0 spiro atoms. The maximum Gasteiger partial charge on any atom is 0.228 e. The van der Waals surface area contributed by atoms with Crippen LogP contribution in [0.3, 0.4) is 0 Å². The van der Waals surface area contributed by atoms with E-state index in [1.807, 2.05) is 25.1 Å². The van der Waals surface area contributed by atoms with Crippen molar-refractivity contribution in [1.29, 1.82) is 0 Å². The summed E-state index contributed by atoms with van der Waals surface area (Å²) in [5.41, 5.74) is 3.00. The maximum absolute atomic E-state index is 11.1. The van der Waals surface area contributed by atoms with E-state index in [9.17, 15) is 4.79 Å². The van der Waals surface area contributed by atoms with Crippen LogP contribution in [-0.2, 0) is 11.2 Å². The number of benzene rings is 1. The van der Waals surface area contributed by atoms with Gasteiger partial charge in [0.25, 0.3) is 0 Å². The highest BCUT2D eigenvalue weighted by Crippen LogP contribution is 2.27. The number of hydrogen-bond acceptors (Lipinski definition) is 2. The average molecular weight is 191 g/mol. The Morgan fingerprint density at radius 2 is 2.36 bits per heavy atom. The Labute approximate surface area is 82.8 Å². The van der Waals surface area contributed by atoms with E-state index in [-0.39, 0.29) is 18.4 Å². The molecule has 2 N–H and O–H groups in total. The zero-order chi connectivity index (χ0) is 10.1. The van der Waals surface area contributed by atoms with Crippen LogP contribution in [0.2, 0.25) is 0 Å². The second-order valence-corrected chi connectivity index (χ2v) is 3.73. The van der Waals surface area contributed by atoms with Crippen molar-refractivity contribution >= 4 is 11.6 Å². The number of anilines is 1. The monoisotopic (exact) mass is 191 g/mol. The zero-order valence-corrected chi connectivity index (χ0v) is 8.08. The van der Waals surface area contributed by atoms with Gasteiger partial charge in [-0.1, -0.05) is 19.1 Å². The van der Waals surface area contributed by atoms with Gasteiger partial charge in [-0.2, -0.15) is 0 Å². The van der Waals surface area contributed by atoms with Gasteiger partial charge in [-0.05, 0) is 17.2 Å². The Bertz CT molecular complexity index is 374. The van der Waals surface area contributed by atoms with E-state index < -0.39 is 0 Å². The lowest BCUT2D eigenvalue weighted by molar-refractivity contribution is -0.115. The number of aliphatic hydroxyl groups excluding tert-OH is 1. The first-order valence-electron chi connectivity index (χ1n) is 4.74. The minimum atomic E-state index is 0.0498. The highest BCUT2D eigenvalue weighted by atomic mass is 16.3. The number of aliphatic hydroxyl groups is 1. The van der Waals surface area contributed by atoms with Gasteiger partial charge in [0.1, 0.15) is 0 Å². The lowest BCUT2D eigenvalue weighted by Gasteiger charge is -2.09. The molecule has 1 aromatic rings. The van der Waals surface area contributed by atoms with Gasteiger partial charge in [-0.3, -0.25) is 4.79 Å². The Hall–Kier alpha value is -1.35. The number of carbonyl (C=O) groups excluding carboxylic acids is 1. The summed E-state index contributed by atoms with van der Waals surface area (Å²) in [7, 11) is 0. The van der Waals surface area contributed by atoms with E-state index in [0.717, 1.165) is 16.8 Å². The smallest absolute Gasteiger partial charge is 0.228 e. The summed E-state index contributed by atoms with van der Waals surface area (Å²) >= 11 is 0. The summed E-state index contributed by atoms with van der Waals surface area (Å²) in [6.45, 7) is 2.09. The van der Waals surface area contributed by atoms with E-state index in [1.165, 1.54) is 0 Å². The summed E-state index contributed by atoms with van der Waals surface area (Å²) < 4.78 is 0. The van der Waals surface area contributed by atoms with E-state index >= 15 is 0 Å². The van der Waals surface area contributed by atoms with Crippen LogP contribution < -0.4 is 5.32 Å². The van der Waals surface area contributed by atoms with Crippen molar-refractivity contribution < 1.29 is 9.90 Å². The van der Waals surface area contributed by atoms with Gasteiger partial charge in [0.2, 0.25) is 5.91 Å². The molecule has 1 atom stereocenters. The standard InChI is InChI=1S/C11H13NO2/c1-7(6-13)8-2-3-9-5-11(14)12-10(9)4-8/h2-4,7,13H,5-6H2,1H3,(H,12,14). The molecular weight excluding hydrogens is 178 g/mol. The largest absolute Gasteiger partial charge is 0.396 e. The van der Waals surface area contributed by atoms with Crippen molar-refractivity contribution in [3.63, 3.8) is 0 Å². The predicted octanol–water partition coefficient (Wildman–Crippen LogP) is 1.28. The number of rotatable bonds is 2. The number of carbonyl (C=O) groups is 1. The van der Waals surface area contributed by atoms with E-state index in [0.29, 0.717) is 6.42 Å². The lowest BCUT2D eigenvalue weighted by Crippen LogP contribution is -2.04.